The first kappa shape index (κ1) is 11.8. The summed E-state index contributed by atoms with van der Waals surface area (Å²) in [7, 11) is 0. The average Bonchev–Trinajstić information content (AvgIpc) is 2.98. The van der Waals surface area contributed by atoms with E-state index in [0.717, 1.165) is 52.4 Å². The monoisotopic (exact) mass is 333 g/mol. The van der Waals surface area contributed by atoms with Crippen molar-refractivity contribution in [2.75, 3.05) is 11.9 Å². The van der Waals surface area contributed by atoms with Crippen LogP contribution in [0.4, 0.5) is 5.95 Å². The number of nitrogens with one attached hydrogen (secondary N) is 3. The Bertz CT molecular complexity index is 859. The summed E-state index contributed by atoms with van der Waals surface area (Å²) in [5.41, 5.74) is 3.26. The van der Waals surface area contributed by atoms with Gasteiger partial charge in [-0.05, 0) is 34.5 Å². The Morgan fingerprint density at radius 3 is 2.95 bits per heavy atom. The summed E-state index contributed by atoms with van der Waals surface area (Å²) in [6.45, 7) is 1.91. The lowest BCUT2D eigenvalue weighted by molar-refractivity contribution is 0.618. The van der Waals surface area contributed by atoms with Gasteiger partial charge in [0, 0.05) is 18.7 Å². The van der Waals surface area contributed by atoms with Gasteiger partial charge in [-0.3, -0.25) is 0 Å². The molecule has 1 aliphatic rings. The van der Waals surface area contributed by atoms with Gasteiger partial charge in [0.15, 0.2) is 0 Å². The largest absolute Gasteiger partial charge is 0.356 e. The first-order valence-electron chi connectivity index (χ1n) is 6.45. The molecule has 3 aromatic rings. The molecule has 2 aromatic heterocycles. The third-order valence-electron chi connectivity index (χ3n) is 3.54. The maximum atomic E-state index is 11.3. The number of halogens is 1. The van der Waals surface area contributed by atoms with Crippen LogP contribution in [-0.2, 0) is 6.54 Å². The highest BCUT2D eigenvalue weighted by molar-refractivity contribution is 9.10. The van der Waals surface area contributed by atoms with E-state index in [2.05, 4.69) is 40.8 Å². The van der Waals surface area contributed by atoms with Crippen molar-refractivity contribution in [2.24, 2.45) is 0 Å². The Labute approximate surface area is 122 Å². The molecule has 0 amide bonds. The summed E-state index contributed by atoms with van der Waals surface area (Å²) < 4.78 is 3.10. The molecule has 102 valence electrons. The molecule has 0 unspecified atom stereocenters. The maximum absolute atomic E-state index is 11.3. The standard InChI is InChI=1S/C13H12BrN5O/c14-11-10(18-12-15-4-1-5-19(11)12)7-2-3-8-9(6-7)17-13(20)16-8/h2-3,6H,1,4-5H2,(H,15,18)(H2,16,17,20). The number of fused-ring (bicyclic) bond motifs is 2. The highest BCUT2D eigenvalue weighted by Crippen LogP contribution is 2.33. The third kappa shape index (κ3) is 1.70. The number of H-pyrrole nitrogens is 2. The minimum atomic E-state index is -0.193. The number of nitrogens with zero attached hydrogens (tertiary/aromatic N) is 2. The molecule has 0 saturated heterocycles. The number of rotatable bonds is 1. The molecule has 0 atom stereocenters. The molecule has 4 rings (SSSR count). The topological polar surface area (TPSA) is 78.5 Å². The van der Waals surface area contributed by atoms with Crippen molar-refractivity contribution in [1.29, 1.82) is 0 Å². The summed E-state index contributed by atoms with van der Waals surface area (Å²) in [6, 6.07) is 5.79. The Morgan fingerprint density at radius 2 is 2.10 bits per heavy atom. The highest BCUT2D eigenvalue weighted by Gasteiger charge is 2.19. The van der Waals surface area contributed by atoms with Crippen LogP contribution >= 0.6 is 15.9 Å². The van der Waals surface area contributed by atoms with Crippen LogP contribution in [0.5, 0.6) is 0 Å². The number of aromatic nitrogens is 4. The van der Waals surface area contributed by atoms with E-state index < -0.39 is 0 Å². The lowest BCUT2D eigenvalue weighted by atomic mass is 10.1. The fourth-order valence-electron chi connectivity index (χ4n) is 2.57. The molecule has 1 aromatic carbocycles. The second-order valence-electron chi connectivity index (χ2n) is 4.85. The van der Waals surface area contributed by atoms with Crippen LogP contribution in [0.3, 0.4) is 0 Å². The fourth-order valence-corrected chi connectivity index (χ4v) is 3.24. The van der Waals surface area contributed by atoms with Crippen molar-refractivity contribution in [3.8, 4) is 11.3 Å². The number of imidazole rings is 2. The molecule has 0 radical (unpaired) electrons. The van der Waals surface area contributed by atoms with E-state index in [-0.39, 0.29) is 5.69 Å². The molecule has 3 heterocycles. The van der Waals surface area contributed by atoms with Crippen LogP contribution in [0.2, 0.25) is 0 Å². The van der Waals surface area contributed by atoms with Gasteiger partial charge < -0.3 is 19.9 Å². The molecular weight excluding hydrogens is 322 g/mol. The Kier molecular flexibility index (Phi) is 2.50. The molecule has 0 spiro atoms. The van der Waals surface area contributed by atoms with Gasteiger partial charge in [0.05, 0.1) is 11.0 Å². The van der Waals surface area contributed by atoms with Gasteiger partial charge in [0.25, 0.3) is 0 Å². The first-order chi connectivity index (χ1) is 9.72. The van der Waals surface area contributed by atoms with E-state index in [1.807, 2.05) is 18.2 Å². The summed E-state index contributed by atoms with van der Waals surface area (Å²) in [5, 5.41) is 3.29. The van der Waals surface area contributed by atoms with Crippen LogP contribution in [0.25, 0.3) is 22.3 Å². The zero-order chi connectivity index (χ0) is 13.7. The van der Waals surface area contributed by atoms with Crippen LogP contribution in [0.1, 0.15) is 6.42 Å². The van der Waals surface area contributed by atoms with E-state index >= 15 is 0 Å². The van der Waals surface area contributed by atoms with Crippen LogP contribution < -0.4 is 11.0 Å². The van der Waals surface area contributed by atoms with Gasteiger partial charge in [-0.1, -0.05) is 6.07 Å². The van der Waals surface area contributed by atoms with Crippen molar-refractivity contribution < 1.29 is 0 Å². The van der Waals surface area contributed by atoms with E-state index in [9.17, 15) is 4.79 Å². The van der Waals surface area contributed by atoms with Crippen molar-refractivity contribution in [1.82, 2.24) is 19.5 Å². The summed E-state index contributed by atoms with van der Waals surface area (Å²) in [6.07, 6.45) is 1.09. The molecule has 0 bridgehead atoms. The van der Waals surface area contributed by atoms with Crippen molar-refractivity contribution in [3.63, 3.8) is 0 Å². The fraction of sp³-hybridized carbons (Fsp3) is 0.231. The number of benzene rings is 1. The molecule has 7 heteroatoms. The van der Waals surface area contributed by atoms with Crippen molar-refractivity contribution in [3.05, 3.63) is 33.3 Å². The number of aromatic amines is 2. The third-order valence-corrected chi connectivity index (χ3v) is 4.34. The van der Waals surface area contributed by atoms with E-state index in [0.29, 0.717) is 0 Å². The zero-order valence-electron chi connectivity index (χ0n) is 10.5. The van der Waals surface area contributed by atoms with Gasteiger partial charge in [-0.25, -0.2) is 9.78 Å². The molecule has 20 heavy (non-hydrogen) atoms. The molecule has 0 saturated carbocycles. The Balaban J connectivity index is 1.90. The second-order valence-corrected chi connectivity index (χ2v) is 5.60. The van der Waals surface area contributed by atoms with Gasteiger partial charge >= 0.3 is 5.69 Å². The molecule has 0 aliphatic carbocycles. The quantitative estimate of drug-likeness (QED) is 0.639. The first-order valence-corrected chi connectivity index (χ1v) is 7.24. The summed E-state index contributed by atoms with van der Waals surface area (Å²) >= 11 is 3.62. The maximum Gasteiger partial charge on any atom is 0.323 e. The van der Waals surface area contributed by atoms with Gasteiger partial charge in [0.2, 0.25) is 5.95 Å². The zero-order valence-corrected chi connectivity index (χ0v) is 12.1. The minimum absolute atomic E-state index is 0.193. The second kappa shape index (κ2) is 4.24. The van der Waals surface area contributed by atoms with Crippen LogP contribution in [0.15, 0.2) is 27.6 Å². The van der Waals surface area contributed by atoms with Crippen LogP contribution in [-0.4, -0.2) is 26.1 Å². The molecule has 3 N–H and O–H groups in total. The predicted molar refractivity (Wildman–Crippen MR) is 80.9 cm³/mol. The lowest BCUT2D eigenvalue weighted by Gasteiger charge is -2.15. The minimum Gasteiger partial charge on any atom is -0.356 e. The van der Waals surface area contributed by atoms with E-state index in [4.69, 9.17) is 0 Å². The molecule has 6 nitrogen and oxygen atoms in total. The highest BCUT2D eigenvalue weighted by atomic mass is 79.9. The Hall–Kier alpha value is -2.02. The Morgan fingerprint density at radius 1 is 1.25 bits per heavy atom. The van der Waals surface area contributed by atoms with Gasteiger partial charge in [-0.15, -0.1) is 0 Å². The normalized spacial score (nSPS) is 14.2. The van der Waals surface area contributed by atoms with Gasteiger partial charge in [-0.2, -0.15) is 0 Å². The number of hydrogen-bond acceptors (Lipinski definition) is 3. The molecule has 0 fully saturated rings. The van der Waals surface area contributed by atoms with Crippen molar-refractivity contribution >= 4 is 32.9 Å². The summed E-state index contributed by atoms with van der Waals surface area (Å²) in [4.78, 5) is 21.5. The molecule has 1 aliphatic heterocycles. The SMILES string of the molecule is O=c1[nH]c2ccc(-c3nc4n(c3Br)CCCN4)cc2[nH]1. The number of anilines is 1. The van der Waals surface area contributed by atoms with Gasteiger partial charge in [0.1, 0.15) is 10.3 Å². The van der Waals surface area contributed by atoms with Crippen molar-refractivity contribution in [2.45, 2.75) is 13.0 Å². The van der Waals surface area contributed by atoms with Crippen LogP contribution in [0, 0.1) is 0 Å². The smallest absolute Gasteiger partial charge is 0.323 e. The average molecular weight is 334 g/mol. The van der Waals surface area contributed by atoms with E-state index in [1.54, 1.807) is 0 Å². The lowest BCUT2D eigenvalue weighted by Crippen LogP contribution is -2.17. The predicted octanol–water partition coefficient (Wildman–Crippen LogP) is 2.30. The summed E-state index contributed by atoms with van der Waals surface area (Å²) in [5.74, 6) is 0.890. The van der Waals surface area contributed by atoms with E-state index in [1.165, 1.54) is 0 Å². The number of hydrogen-bond donors (Lipinski definition) is 3. The molecular formula is C13H12BrN5O.